The average molecular weight is 290 g/mol. The van der Waals surface area contributed by atoms with E-state index in [1.165, 1.54) is 11.3 Å². The molecule has 0 amide bonds. The number of thiazole rings is 1. The third-order valence-electron chi connectivity index (χ3n) is 3.46. The van der Waals surface area contributed by atoms with Crippen LogP contribution >= 0.6 is 11.3 Å². The van der Waals surface area contributed by atoms with E-state index in [0.717, 1.165) is 50.8 Å². The van der Waals surface area contributed by atoms with Crippen LogP contribution in [0.4, 0.5) is 11.1 Å². The zero-order chi connectivity index (χ0) is 13.8. The fourth-order valence-corrected chi connectivity index (χ4v) is 2.93. The van der Waals surface area contributed by atoms with Crippen molar-refractivity contribution in [1.29, 1.82) is 0 Å². The Morgan fingerprint density at radius 3 is 2.55 bits per heavy atom. The first-order chi connectivity index (χ1) is 9.81. The second-order valence-corrected chi connectivity index (χ2v) is 5.69. The summed E-state index contributed by atoms with van der Waals surface area (Å²) in [5, 5.41) is 2.70. The van der Waals surface area contributed by atoms with Crippen LogP contribution in [-0.2, 0) is 6.42 Å². The van der Waals surface area contributed by atoms with Crippen LogP contribution in [-0.4, -0.2) is 52.6 Å². The lowest BCUT2D eigenvalue weighted by molar-refractivity contribution is 0.259. The van der Waals surface area contributed by atoms with Gasteiger partial charge in [0, 0.05) is 56.9 Å². The summed E-state index contributed by atoms with van der Waals surface area (Å²) in [6.45, 7) is 5.06. The van der Waals surface area contributed by atoms with Crippen molar-refractivity contribution in [1.82, 2.24) is 19.9 Å². The molecule has 0 atom stereocenters. The van der Waals surface area contributed by atoms with Gasteiger partial charge in [0.15, 0.2) is 5.13 Å². The molecule has 2 N–H and O–H groups in total. The molecule has 106 valence electrons. The van der Waals surface area contributed by atoms with Gasteiger partial charge in [0.05, 0.1) is 5.69 Å². The van der Waals surface area contributed by atoms with Crippen LogP contribution < -0.4 is 10.6 Å². The quantitative estimate of drug-likeness (QED) is 0.901. The van der Waals surface area contributed by atoms with Gasteiger partial charge in [0.25, 0.3) is 0 Å². The van der Waals surface area contributed by atoms with Gasteiger partial charge >= 0.3 is 0 Å². The van der Waals surface area contributed by atoms with Crippen LogP contribution in [0, 0.1) is 0 Å². The van der Waals surface area contributed by atoms with Gasteiger partial charge in [0.2, 0.25) is 5.95 Å². The van der Waals surface area contributed by atoms with Crippen LogP contribution in [0.2, 0.25) is 0 Å². The number of piperazine rings is 1. The summed E-state index contributed by atoms with van der Waals surface area (Å²) >= 11 is 1.51. The topological polar surface area (TPSA) is 71.2 Å². The molecule has 1 aliphatic rings. The number of aromatic nitrogens is 3. The van der Waals surface area contributed by atoms with E-state index < -0.39 is 0 Å². The highest BCUT2D eigenvalue weighted by Crippen LogP contribution is 2.13. The Labute approximate surface area is 122 Å². The summed E-state index contributed by atoms with van der Waals surface area (Å²) < 4.78 is 0. The van der Waals surface area contributed by atoms with E-state index in [1.807, 2.05) is 11.4 Å². The Bertz CT molecular complexity index is 535. The Balaban J connectivity index is 1.47. The zero-order valence-electron chi connectivity index (χ0n) is 11.3. The van der Waals surface area contributed by atoms with Crippen LogP contribution in [0.3, 0.4) is 0 Å². The predicted molar refractivity (Wildman–Crippen MR) is 80.9 cm³/mol. The second-order valence-electron chi connectivity index (χ2n) is 4.80. The maximum absolute atomic E-state index is 5.64. The third kappa shape index (κ3) is 3.23. The highest BCUT2D eigenvalue weighted by atomic mass is 32.1. The summed E-state index contributed by atoms with van der Waals surface area (Å²) in [5.41, 5.74) is 6.74. The van der Waals surface area contributed by atoms with Gasteiger partial charge in [-0.25, -0.2) is 15.0 Å². The smallest absolute Gasteiger partial charge is 0.225 e. The number of anilines is 2. The van der Waals surface area contributed by atoms with Crippen LogP contribution in [0.5, 0.6) is 0 Å². The maximum atomic E-state index is 5.64. The van der Waals surface area contributed by atoms with Crippen molar-refractivity contribution >= 4 is 22.4 Å². The SMILES string of the molecule is Nc1nc(CCN2CCN(c3ncccn3)CC2)cs1. The molecule has 1 saturated heterocycles. The fourth-order valence-electron chi connectivity index (χ4n) is 2.34. The summed E-state index contributed by atoms with van der Waals surface area (Å²) in [6.07, 6.45) is 4.55. The van der Waals surface area contributed by atoms with Crippen molar-refractivity contribution in [3.63, 3.8) is 0 Å². The van der Waals surface area contributed by atoms with Crippen molar-refractivity contribution in [2.75, 3.05) is 43.4 Å². The molecule has 1 fully saturated rings. The first-order valence-corrected chi connectivity index (χ1v) is 7.63. The third-order valence-corrected chi connectivity index (χ3v) is 4.18. The van der Waals surface area contributed by atoms with E-state index in [-0.39, 0.29) is 0 Å². The minimum Gasteiger partial charge on any atom is -0.375 e. The number of nitrogens with two attached hydrogens (primary N) is 1. The molecule has 3 heterocycles. The molecule has 0 aromatic carbocycles. The summed E-state index contributed by atoms with van der Waals surface area (Å²) in [6, 6.07) is 1.85. The molecule has 0 radical (unpaired) electrons. The molecule has 0 spiro atoms. The number of nitrogens with zero attached hydrogens (tertiary/aromatic N) is 5. The van der Waals surface area contributed by atoms with Crippen LogP contribution in [0.15, 0.2) is 23.8 Å². The van der Waals surface area contributed by atoms with E-state index in [9.17, 15) is 0 Å². The first-order valence-electron chi connectivity index (χ1n) is 6.75. The van der Waals surface area contributed by atoms with Crippen molar-refractivity contribution in [3.8, 4) is 0 Å². The summed E-state index contributed by atoms with van der Waals surface area (Å²) in [4.78, 5) is 17.6. The van der Waals surface area contributed by atoms with E-state index >= 15 is 0 Å². The van der Waals surface area contributed by atoms with Gasteiger partial charge in [-0.05, 0) is 6.07 Å². The van der Waals surface area contributed by atoms with Crippen molar-refractivity contribution in [3.05, 3.63) is 29.5 Å². The summed E-state index contributed by atoms with van der Waals surface area (Å²) in [7, 11) is 0. The molecule has 6 nitrogen and oxygen atoms in total. The van der Waals surface area contributed by atoms with Gasteiger partial charge in [-0.15, -0.1) is 11.3 Å². The number of hydrogen-bond acceptors (Lipinski definition) is 7. The molecule has 20 heavy (non-hydrogen) atoms. The number of nitrogen functional groups attached to an aromatic ring is 1. The van der Waals surface area contributed by atoms with Crippen LogP contribution in [0.1, 0.15) is 5.69 Å². The predicted octanol–water partition coefficient (Wildman–Crippen LogP) is 0.880. The highest BCUT2D eigenvalue weighted by molar-refractivity contribution is 7.13. The maximum Gasteiger partial charge on any atom is 0.225 e. The van der Waals surface area contributed by atoms with E-state index in [1.54, 1.807) is 12.4 Å². The molecule has 0 saturated carbocycles. The molecule has 3 rings (SSSR count). The molecular weight excluding hydrogens is 272 g/mol. The average Bonchev–Trinajstić information content (AvgIpc) is 2.92. The van der Waals surface area contributed by atoms with Crippen LogP contribution in [0.25, 0.3) is 0 Å². The Hall–Kier alpha value is -1.73. The Kier molecular flexibility index (Phi) is 4.08. The van der Waals surface area contributed by atoms with Gasteiger partial charge in [-0.2, -0.15) is 0 Å². The van der Waals surface area contributed by atoms with E-state index in [0.29, 0.717) is 5.13 Å². The van der Waals surface area contributed by atoms with Gasteiger partial charge < -0.3 is 10.6 Å². The lowest BCUT2D eigenvalue weighted by atomic mass is 10.2. The van der Waals surface area contributed by atoms with E-state index in [4.69, 9.17) is 5.73 Å². The molecule has 1 aliphatic heterocycles. The lowest BCUT2D eigenvalue weighted by Crippen LogP contribution is -2.47. The monoisotopic (exact) mass is 290 g/mol. The molecule has 2 aromatic rings. The van der Waals surface area contributed by atoms with Gasteiger partial charge in [-0.1, -0.05) is 0 Å². The van der Waals surface area contributed by atoms with Crippen molar-refractivity contribution < 1.29 is 0 Å². The number of rotatable bonds is 4. The molecule has 0 aliphatic carbocycles. The second kappa shape index (κ2) is 6.15. The fraction of sp³-hybridized carbons (Fsp3) is 0.462. The normalized spacial score (nSPS) is 16.5. The molecular formula is C13H18N6S. The molecule has 7 heteroatoms. The van der Waals surface area contributed by atoms with Gasteiger partial charge in [-0.3, -0.25) is 4.90 Å². The number of hydrogen-bond donors (Lipinski definition) is 1. The lowest BCUT2D eigenvalue weighted by Gasteiger charge is -2.34. The molecule has 0 bridgehead atoms. The van der Waals surface area contributed by atoms with Crippen molar-refractivity contribution in [2.45, 2.75) is 6.42 Å². The molecule has 2 aromatic heterocycles. The van der Waals surface area contributed by atoms with Gasteiger partial charge in [0.1, 0.15) is 0 Å². The highest BCUT2D eigenvalue weighted by Gasteiger charge is 2.18. The molecule has 0 unspecified atom stereocenters. The first kappa shape index (κ1) is 13.3. The Morgan fingerprint density at radius 2 is 1.90 bits per heavy atom. The van der Waals surface area contributed by atoms with E-state index in [2.05, 4.69) is 24.8 Å². The minimum absolute atomic E-state index is 0.658. The zero-order valence-corrected chi connectivity index (χ0v) is 12.1. The Morgan fingerprint density at radius 1 is 1.15 bits per heavy atom. The summed E-state index contributed by atoms with van der Waals surface area (Å²) in [5.74, 6) is 0.833. The standard InChI is InChI=1S/C13H18N6S/c14-12-17-11(10-20-12)2-5-18-6-8-19(9-7-18)13-15-3-1-4-16-13/h1,3-4,10H,2,5-9H2,(H2,14,17). The largest absolute Gasteiger partial charge is 0.375 e. The minimum atomic E-state index is 0.658. The van der Waals surface area contributed by atoms with Crippen molar-refractivity contribution in [2.24, 2.45) is 0 Å².